The van der Waals surface area contributed by atoms with E-state index in [0.29, 0.717) is 5.91 Å². The molecule has 1 aromatic heterocycles. The van der Waals surface area contributed by atoms with Crippen LogP contribution in [0.4, 0.5) is 11.5 Å². The number of carbonyl (C=O) groups excluding carboxylic acids is 1. The summed E-state index contributed by atoms with van der Waals surface area (Å²) in [6, 6.07) is 4.20. The van der Waals surface area contributed by atoms with Crippen molar-refractivity contribution in [3.8, 4) is 0 Å². The van der Waals surface area contributed by atoms with E-state index in [2.05, 4.69) is 27.7 Å². The molecule has 4 aliphatic heterocycles. The van der Waals surface area contributed by atoms with Crippen LogP contribution < -0.4 is 20.4 Å². The van der Waals surface area contributed by atoms with E-state index in [4.69, 9.17) is 4.98 Å². The normalized spacial score (nSPS) is 24.0. The number of nitrogens with one attached hydrogen (secondary N) is 2. The molecule has 0 aromatic carbocycles. The maximum Gasteiger partial charge on any atom is 0.233 e. The van der Waals surface area contributed by atoms with Crippen LogP contribution in [-0.2, 0) is 4.79 Å². The van der Waals surface area contributed by atoms with Crippen molar-refractivity contribution in [2.24, 2.45) is 5.41 Å². The van der Waals surface area contributed by atoms with Crippen LogP contribution in [0.1, 0.15) is 50.6 Å². The van der Waals surface area contributed by atoms with Gasteiger partial charge in [0.2, 0.25) is 5.91 Å². The molecule has 1 amide bonds. The third-order valence-electron chi connectivity index (χ3n) is 6.79. The van der Waals surface area contributed by atoms with Crippen molar-refractivity contribution in [1.29, 1.82) is 0 Å². The molecule has 4 saturated heterocycles. The molecule has 5 heterocycles. The summed E-state index contributed by atoms with van der Waals surface area (Å²) in [5.74, 6) is 1.38. The molecule has 1 spiro atoms. The van der Waals surface area contributed by atoms with Crippen LogP contribution in [-0.4, -0.2) is 56.7 Å². The molecule has 0 radical (unpaired) electrons. The highest BCUT2D eigenvalue weighted by molar-refractivity contribution is 6.00. The highest BCUT2D eigenvalue weighted by atomic mass is 16.2. The van der Waals surface area contributed by atoms with Crippen LogP contribution in [0.2, 0.25) is 0 Å². The second-order valence-electron chi connectivity index (χ2n) is 8.66. The Morgan fingerprint density at radius 1 is 0.893 bits per heavy atom. The average molecular weight is 386 g/mol. The molecule has 5 rings (SSSR count). The molecule has 6 heteroatoms. The van der Waals surface area contributed by atoms with Crippen molar-refractivity contribution in [3.63, 3.8) is 0 Å². The van der Waals surface area contributed by atoms with Gasteiger partial charge in [0.1, 0.15) is 5.82 Å². The number of carbonyl (C=O) groups is 1. The molecule has 2 N–H and O–H groups in total. The van der Waals surface area contributed by atoms with E-state index in [1.165, 1.54) is 38.8 Å². The van der Waals surface area contributed by atoms with Gasteiger partial charge in [-0.25, -0.2) is 4.98 Å². The summed E-state index contributed by atoms with van der Waals surface area (Å²) in [6.45, 7) is 9.50. The van der Waals surface area contributed by atoms with Crippen LogP contribution in [0.5, 0.6) is 0 Å². The number of hydrogen-bond acceptors (Lipinski definition) is 5. The fourth-order valence-corrected chi connectivity index (χ4v) is 4.99. The van der Waals surface area contributed by atoms with E-state index in [9.17, 15) is 4.79 Å². The molecule has 4 fully saturated rings. The zero-order valence-electron chi connectivity index (χ0n) is 17.3. The third-order valence-corrected chi connectivity index (χ3v) is 6.79. The summed E-state index contributed by atoms with van der Waals surface area (Å²) in [7, 11) is 0. The van der Waals surface area contributed by atoms with E-state index < -0.39 is 0 Å². The molecule has 0 bridgehead atoms. The smallest absolute Gasteiger partial charge is 0.233 e. The molecule has 0 saturated carbocycles. The molecule has 1 aromatic rings. The molecular formula is C22H35N5O. The van der Waals surface area contributed by atoms with Crippen LogP contribution in [0.3, 0.4) is 0 Å². The van der Waals surface area contributed by atoms with Gasteiger partial charge in [0.15, 0.2) is 0 Å². The minimum atomic E-state index is -0.120. The minimum Gasteiger partial charge on any atom is -0.357 e. The predicted octanol–water partition coefficient (Wildman–Crippen LogP) is 2.47. The fraction of sp³-hybridized carbons (Fsp3) is 0.727. The number of pyridine rings is 1. The van der Waals surface area contributed by atoms with Gasteiger partial charge in [0.25, 0.3) is 0 Å². The van der Waals surface area contributed by atoms with Crippen molar-refractivity contribution in [1.82, 2.24) is 15.6 Å². The molecule has 4 aliphatic rings. The SMILES string of the molecule is C1CCNC1.Cc1nc(N2CCCC2)ccc1N1CCC2(CCNCC2)C1=O. The van der Waals surface area contributed by atoms with E-state index in [1.807, 2.05) is 11.8 Å². The highest BCUT2D eigenvalue weighted by Crippen LogP contribution is 2.42. The van der Waals surface area contributed by atoms with Gasteiger partial charge in [0, 0.05) is 19.6 Å². The number of piperidine rings is 1. The maximum atomic E-state index is 13.0. The van der Waals surface area contributed by atoms with E-state index in [1.54, 1.807) is 0 Å². The third kappa shape index (κ3) is 4.03. The first-order valence-corrected chi connectivity index (χ1v) is 11.2. The van der Waals surface area contributed by atoms with E-state index in [0.717, 1.165) is 69.2 Å². The first-order chi connectivity index (χ1) is 13.7. The van der Waals surface area contributed by atoms with Crippen molar-refractivity contribution in [2.75, 3.05) is 55.6 Å². The molecule has 154 valence electrons. The topological polar surface area (TPSA) is 60.5 Å². The summed E-state index contributed by atoms with van der Waals surface area (Å²) >= 11 is 0. The van der Waals surface area contributed by atoms with Crippen molar-refractivity contribution < 1.29 is 4.79 Å². The Balaban J connectivity index is 0.000000336. The number of hydrogen-bond donors (Lipinski definition) is 2. The van der Waals surface area contributed by atoms with Gasteiger partial charge in [-0.05, 0) is 90.2 Å². The zero-order chi connectivity index (χ0) is 19.4. The summed E-state index contributed by atoms with van der Waals surface area (Å²) in [5, 5.41) is 6.59. The summed E-state index contributed by atoms with van der Waals surface area (Å²) in [5.41, 5.74) is 1.87. The monoisotopic (exact) mass is 385 g/mol. The Labute approximate surface area is 169 Å². The maximum absolute atomic E-state index is 13.0. The largest absolute Gasteiger partial charge is 0.357 e. The quantitative estimate of drug-likeness (QED) is 0.819. The lowest BCUT2D eigenvalue weighted by molar-refractivity contribution is -0.126. The number of aryl methyl sites for hydroxylation is 1. The number of amides is 1. The first kappa shape index (κ1) is 19.6. The first-order valence-electron chi connectivity index (χ1n) is 11.2. The lowest BCUT2D eigenvalue weighted by Gasteiger charge is -2.32. The van der Waals surface area contributed by atoms with Gasteiger partial charge in [0.05, 0.1) is 16.8 Å². The Kier molecular flexibility index (Phi) is 6.16. The molecule has 28 heavy (non-hydrogen) atoms. The van der Waals surface area contributed by atoms with Crippen LogP contribution in [0.15, 0.2) is 12.1 Å². The Bertz CT molecular complexity index is 668. The van der Waals surface area contributed by atoms with Crippen LogP contribution >= 0.6 is 0 Å². The predicted molar refractivity (Wildman–Crippen MR) is 114 cm³/mol. The molecule has 0 unspecified atom stereocenters. The lowest BCUT2D eigenvalue weighted by atomic mass is 9.77. The minimum absolute atomic E-state index is 0.120. The van der Waals surface area contributed by atoms with E-state index in [-0.39, 0.29) is 5.41 Å². The van der Waals surface area contributed by atoms with Gasteiger partial charge in [-0.1, -0.05) is 0 Å². The molecule has 0 atom stereocenters. The number of aromatic nitrogens is 1. The van der Waals surface area contributed by atoms with E-state index >= 15 is 0 Å². The summed E-state index contributed by atoms with van der Waals surface area (Å²) in [6.07, 6.45) is 8.22. The van der Waals surface area contributed by atoms with Gasteiger partial charge in [-0.2, -0.15) is 0 Å². The standard InChI is InChI=1S/C18H26N4O.C4H9N/c1-14-15(4-5-16(20-14)21-11-2-3-12-21)22-13-8-18(17(22)23)6-9-19-10-7-18;1-2-4-5-3-1/h4-5,19H,2-3,6-13H2,1H3;5H,1-4H2. The summed E-state index contributed by atoms with van der Waals surface area (Å²) < 4.78 is 0. The van der Waals surface area contributed by atoms with Gasteiger partial charge < -0.3 is 20.4 Å². The number of nitrogens with zero attached hydrogens (tertiary/aromatic N) is 3. The number of rotatable bonds is 2. The second kappa shape index (κ2) is 8.78. The molecule has 0 aliphatic carbocycles. The van der Waals surface area contributed by atoms with Gasteiger partial charge in [-0.15, -0.1) is 0 Å². The summed E-state index contributed by atoms with van der Waals surface area (Å²) in [4.78, 5) is 22.2. The Hall–Kier alpha value is -1.66. The van der Waals surface area contributed by atoms with Crippen molar-refractivity contribution in [2.45, 2.75) is 51.9 Å². The number of anilines is 2. The molecular weight excluding hydrogens is 350 g/mol. The fourth-order valence-electron chi connectivity index (χ4n) is 4.99. The van der Waals surface area contributed by atoms with Crippen molar-refractivity contribution >= 4 is 17.4 Å². The van der Waals surface area contributed by atoms with Gasteiger partial charge in [-0.3, -0.25) is 4.79 Å². The Morgan fingerprint density at radius 2 is 1.57 bits per heavy atom. The van der Waals surface area contributed by atoms with Crippen molar-refractivity contribution in [3.05, 3.63) is 17.8 Å². The average Bonchev–Trinajstić information content (AvgIpc) is 3.49. The second-order valence-corrected chi connectivity index (χ2v) is 8.66. The highest BCUT2D eigenvalue weighted by Gasteiger charge is 2.47. The molecule has 6 nitrogen and oxygen atoms in total. The lowest BCUT2D eigenvalue weighted by Crippen LogP contribution is -2.42. The van der Waals surface area contributed by atoms with Crippen LogP contribution in [0, 0.1) is 12.3 Å². The zero-order valence-corrected chi connectivity index (χ0v) is 17.3. The van der Waals surface area contributed by atoms with Gasteiger partial charge >= 0.3 is 0 Å². The Morgan fingerprint density at radius 3 is 2.18 bits per heavy atom. The van der Waals surface area contributed by atoms with Crippen LogP contribution in [0.25, 0.3) is 0 Å².